The van der Waals surface area contributed by atoms with Crippen LogP contribution < -0.4 is 5.43 Å². The van der Waals surface area contributed by atoms with Gasteiger partial charge in [0.2, 0.25) is 0 Å². The first-order valence-electron chi connectivity index (χ1n) is 5.64. The summed E-state index contributed by atoms with van der Waals surface area (Å²) in [7, 11) is 0. The van der Waals surface area contributed by atoms with E-state index < -0.39 is 11.8 Å². The highest BCUT2D eigenvalue weighted by Gasteiger charge is 2.04. The van der Waals surface area contributed by atoms with E-state index in [9.17, 15) is 9.18 Å². The van der Waals surface area contributed by atoms with E-state index in [0.717, 1.165) is 0 Å². The van der Waals surface area contributed by atoms with Crippen LogP contribution in [0, 0.1) is 5.82 Å². The van der Waals surface area contributed by atoms with Crippen molar-refractivity contribution in [2.75, 3.05) is 5.43 Å². The first-order chi connectivity index (χ1) is 9.58. The van der Waals surface area contributed by atoms with E-state index in [1.807, 2.05) is 0 Å². The minimum absolute atomic E-state index is 0.133. The van der Waals surface area contributed by atoms with Gasteiger partial charge in [0.1, 0.15) is 5.82 Å². The molecule has 0 aliphatic rings. The number of anilines is 1. The van der Waals surface area contributed by atoms with E-state index in [2.05, 4.69) is 10.5 Å². The maximum atomic E-state index is 13.5. The van der Waals surface area contributed by atoms with E-state index in [4.69, 9.17) is 16.7 Å². The van der Waals surface area contributed by atoms with Gasteiger partial charge >= 0.3 is 5.97 Å². The second kappa shape index (κ2) is 6.16. The molecule has 0 aliphatic carbocycles. The van der Waals surface area contributed by atoms with Crippen molar-refractivity contribution in [3.8, 4) is 0 Å². The Bertz CT molecular complexity index is 654. The average Bonchev–Trinajstić information content (AvgIpc) is 2.42. The van der Waals surface area contributed by atoms with Crippen LogP contribution in [0.3, 0.4) is 0 Å². The second-order valence-corrected chi connectivity index (χ2v) is 4.30. The van der Waals surface area contributed by atoms with Gasteiger partial charge in [0, 0.05) is 5.56 Å². The molecule has 20 heavy (non-hydrogen) atoms. The number of carboxylic acids is 1. The van der Waals surface area contributed by atoms with Gasteiger partial charge < -0.3 is 5.11 Å². The summed E-state index contributed by atoms with van der Waals surface area (Å²) in [6, 6.07) is 10.4. The van der Waals surface area contributed by atoms with Crippen molar-refractivity contribution >= 4 is 29.5 Å². The van der Waals surface area contributed by atoms with E-state index in [1.165, 1.54) is 30.5 Å². The summed E-state index contributed by atoms with van der Waals surface area (Å²) < 4.78 is 13.5. The number of rotatable bonds is 4. The topological polar surface area (TPSA) is 61.7 Å². The average molecular weight is 293 g/mol. The normalized spacial score (nSPS) is 10.7. The number of aromatic carboxylic acids is 1. The Morgan fingerprint density at radius 3 is 2.75 bits per heavy atom. The Labute approximate surface area is 119 Å². The maximum Gasteiger partial charge on any atom is 0.335 e. The van der Waals surface area contributed by atoms with Gasteiger partial charge in [0.15, 0.2) is 0 Å². The fourth-order valence-electron chi connectivity index (χ4n) is 1.53. The first kappa shape index (κ1) is 14.0. The van der Waals surface area contributed by atoms with Crippen LogP contribution in [-0.4, -0.2) is 17.3 Å². The predicted molar refractivity (Wildman–Crippen MR) is 76.0 cm³/mol. The first-order valence-corrected chi connectivity index (χ1v) is 6.02. The van der Waals surface area contributed by atoms with Crippen LogP contribution in [0.1, 0.15) is 15.9 Å². The number of carboxylic acid groups (broad SMARTS) is 1. The smallest absolute Gasteiger partial charge is 0.335 e. The lowest BCUT2D eigenvalue weighted by molar-refractivity contribution is 0.0697. The number of halogens is 2. The van der Waals surface area contributed by atoms with Crippen molar-refractivity contribution in [2.45, 2.75) is 0 Å². The van der Waals surface area contributed by atoms with E-state index in [1.54, 1.807) is 18.2 Å². The third kappa shape index (κ3) is 3.33. The summed E-state index contributed by atoms with van der Waals surface area (Å²) in [6.07, 6.45) is 1.24. The number of nitrogens with one attached hydrogen (secondary N) is 1. The maximum absolute atomic E-state index is 13.5. The summed E-state index contributed by atoms with van der Waals surface area (Å²) in [5.74, 6) is -1.52. The van der Waals surface area contributed by atoms with Gasteiger partial charge in [-0.3, -0.25) is 5.43 Å². The van der Waals surface area contributed by atoms with Gasteiger partial charge in [-0.05, 0) is 30.3 Å². The molecule has 2 aromatic rings. The summed E-state index contributed by atoms with van der Waals surface area (Å²) >= 11 is 5.84. The predicted octanol–water partition coefficient (Wildman–Crippen LogP) is 3.62. The van der Waals surface area contributed by atoms with Crippen LogP contribution in [0.2, 0.25) is 5.02 Å². The molecule has 0 aliphatic heterocycles. The molecule has 6 heteroatoms. The third-order valence-electron chi connectivity index (χ3n) is 2.50. The standard InChI is InChI=1S/C14H10ClFN2O2/c15-12-5-2-6-13(16)11(12)8-17-18-10-4-1-3-9(7-10)14(19)20/h1-8,18H,(H,19,20). The SMILES string of the molecule is O=C(O)c1cccc(NN=Cc2c(F)cccc2Cl)c1. The Hall–Kier alpha value is -2.40. The molecule has 2 N–H and O–H groups in total. The molecule has 0 saturated heterocycles. The summed E-state index contributed by atoms with van der Waals surface area (Å²) in [5, 5.41) is 12.9. The quantitative estimate of drug-likeness (QED) is 0.668. The van der Waals surface area contributed by atoms with E-state index >= 15 is 0 Å². The highest BCUT2D eigenvalue weighted by Crippen LogP contribution is 2.17. The molecular formula is C14H10ClFN2O2. The lowest BCUT2D eigenvalue weighted by Gasteiger charge is -2.02. The fraction of sp³-hybridized carbons (Fsp3) is 0. The molecule has 4 nitrogen and oxygen atoms in total. The molecule has 0 radical (unpaired) electrons. The number of hydrazone groups is 1. The van der Waals surface area contributed by atoms with Crippen LogP contribution >= 0.6 is 11.6 Å². The van der Waals surface area contributed by atoms with E-state index in [0.29, 0.717) is 5.69 Å². The van der Waals surface area contributed by atoms with Crippen molar-refractivity contribution < 1.29 is 14.3 Å². The molecule has 0 unspecified atom stereocenters. The Morgan fingerprint density at radius 2 is 2.05 bits per heavy atom. The lowest BCUT2D eigenvalue weighted by Crippen LogP contribution is -1.98. The molecule has 0 amide bonds. The van der Waals surface area contributed by atoms with Gasteiger partial charge in [-0.2, -0.15) is 5.10 Å². The molecule has 0 saturated carbocycles. The van der Waals surface area contributed by atoms with Gasteiger partial charge in [-0.25, -0.2) is 9.18 Å². The molecule has 0 heterocycles. The monoisotopic (exact) mass is 292 g/mol. The van der Waals surface area contributed by atoms with Gasteiger partial charge in [0.25, 0.3) is 0 Å². The van der Waals surface area contributed by atoms with E-state index in [-0.39, 0.29) is 16.1 Å². The van der Waals surface area contributed by atoms with Crippen molar-refractivity contribution in [1.82, 2.24) is 0 Å². The summed E-state index contributed by atoms with van der Waals surface area (Å²) in [4.78, 5) is 10.8. The minimum Gasteiger partial charge on any atom is -0.478 e. The highest BCUT2D eigenvalue weighted by atomic mass is 35.5. The number of hydrogen-bond acceptors (Lipinski definition) is 3. The van der Waals surface area contributed by atoms with Gasteiger partial charge in [0.05, 0.1) is 22.5 Å². The van der Waals surface area contributed by atoms with Crippen molar-refractivity contribution in [2.24, 2.45) is 5.10 Å². The van der Waals surface area contributed by atoms with Gasteiger partial charge in [-0.15, -0.1) is 0 Å². The van der Waals surface area contributed by atoms with Gasteiger partial charge in [-0.1, -0.05) is 23.7 Å². The van der Waals surface area contributed by atoms with Crippen LogP contribution in [0.5, 0.6) is 0 Å². The van der Waals surface area contributed by atoms with Crippen LogP contribution in [0.15, 0.2) is 47.6 Å². The number of benzene rings is 2. The number of carbonyl (C=O) groups is 1. The molecule has 2 aromatic carbocycles. The number of nitrogens with zero attached hydrogens (tertiary/aromatic N) is 1. The minimum atomic E-state index is -1.03. The third-order valence-corrected chi connectivity index (χ3v) is 2.83. The number of hydrogen-bond donors (Lipinski definition) is 2. The zero-order valence-corrected chi connectivity index (χ0v) is 10.9. The Kier molecular flexibility index (Phi) is 4.32. The van der Waals surface area contributed by atoms with Crippen molar-refractivity contribution in [1.29, 1.82) is 0 Å². The van der Waals surface area contributed by atoms with Crippen molar-refractivity contribution in [3.63, 3.8) is 0 Å². The lowest BCUT2D eigenvalue weighted by atomic mass is 10.2. The molecule has 0 spiro atoms. The highest BCUT2D eigenvalue weighted by molar-refractivity contribution is 6.33. The van der Waals surface area contributed by atoms with Crippen molar-refractivity contribution in [3.05, 3.63) is 64.4 Å². The zero-order chi connectivity index (χ0) is 14.5. The molecule has 0 fully saturated rings. The molecule has 0 aromatic heterocycles. The van der Waals surface area contributed by atoms with Crippen LogP contribution in [0.25, 0.3) is 0 Å². The molecule has 0 atom stereocenters. The Balaban J connectivity index is 2.14. The van der Waals surface area contributed by atoms with Crippen LogP contribution in [0.4, 0.5) is 10.1 Å². The molecular weight excluding hydrogens is 283 g/mol. The summed E-state index contributed by atoms with van der Waals surface area (Å²) in [5.41, 5.74) is 3.40. The second-order valence-electron chi connectivity index (χ2n) is 3.89. The van der Waals surface area contributed by atoms with Crippen LogP contribution in [-0.2, 0) is 0 Å². The Morgan fingerprint density at radius 1 is 1.30 bits per heavy atom. The fourth-order valence-corrected chi connectivity index (χ4v) is 1.74. The zero-order valence-electron chi connectivity index (χ0n) is 10.2. The molecule has 0 bridgehead atoms. The largest absolute Gasteiger partial charge is 0.478 e. The molecule has 2 rings (SSSR count). The molecule has 102 valence electrons. The summed E-state index contributed by atoms with van der Waals surface area (Å²) in [6.45, 7) is 0.